The first-order valence-corrected chi connectivity index (χ1v) is 10.6. The van der Waals surface area contributed by atoms with Crippen LogP contribution in [0, 0.1) is 5.82 Å². The molecule has 4 amide bonds. The molecule has 2 aromatic carbocycles. The van der Waals surface area contributed by atoms with Crippen LogP contribution < -0.4 is 5.32 Å². The van der Waals surface area contributed by atoms with Gasteiger partial charge in [0.25, 0.3) is 5.91 Å². The van der Waals surface area contributed by atoms with E-state index < -0.39 is 23.3 Å². The lowest BCUT2D eigenvalue weighted by Gasteiger charge is -2.27. The topological polar surface area (TPSA) is 69.7 Å². The third kappa shape index (κ3) is 4.02. The number of likely N-dealkylation sites (tertiary alicyclic amines) is 1. The number of rotatable bonds is 5. The van der Waals surface area contributed by atoms with Crippen LogP contribution in [-0.4, -0.2) is 46.8 Å². The quantitative estimate of drug-likeness (QED) is 0.719. The first-order valence-electron chi connectivity index (χ1n) is 10.2. The highest BCUT2D eigenvalue weighted by molar-refractivity contribution is 6.31. The molecule has 2 aliphatic rings. The number of imide groups is 1. The molecule has 4 rings (SSSR count). The van der Waals surface area contributed by atoms with Gasteiger partial charge in [0.15, 0.2) is 0 Å². The fourth-order valence-corrected chi connectivity index (χ4v) is 4.55. The van der Waals surface area contributed by atoms with E-state index in [1.807, 2.05) is 24.3 Å². The van der Waals surface area contributed by atoms with Crippen molar-refractivity contribution < 1.29 is 18.8 Å². The molecule has 2 heterocycles. The number of amides is 4. The molecule has 0 saturated carbocycles. The zero-order chi connectivity index (χ0) is 22.2. The summed E-state index contributed by atoms with van der Waals surface area (Å²) in [5, 5.41) is 3.31. The van der Waals surface area contributed by atoms with Crippen LogP contribution in [-0.2, 0) is 21.5 Å². The molecule has 2 atom stereocenters. The number of carbonyl (C=O) groups is 3. The molecule has 0 radical (unpaired) electrons. The molecule has 0 bridgehead atoms. The largest absolute Gasteiger partial charge is 0.338 e. The lowest BCUT2D eigenvalue weighted by atomic mass is 9.92. The van der Waals surface area contributed by atoms with Gasteiger partial charge in [0.1, 0.15) is 17.9 Å². The summed E-state index contributed by atoms with van der Waals surface area (Å²) in [6.45, 7) is 1.80. The predicted molar refractivity (Wildman–Crippen MR) is 114 cm³/mol. The number of halogens is 2. The smallest absolute Gasteiger partial charge is 0.325 e. The van der Waals surface area contributed by atoms with Crippen LogP contribution in [0.3, 0.4) is 0 Å². The van der Waals surface area contributed by atoms with E-state index in [1.165, 1.54) is 24.3 Å². The van der Waals surface area contributed by atoms with Gasteiger partial charge in [-0.25, -0.2) is 9.18 Å². The van der Waals surface area contributed by atoms with Gasteiger partial charge in [-0.05, 0) is 55.5 Å². The molecule has 6 nitrogen and oxygen atoms in total. The molecule has 2 unspecified atom stereocenters. The highest BCUT2D eigenvalue weighted by atomic mass is 35.5. The Bertz CT molecular complexity index is 1030. The Morgan fingerprint density at radius 2 is 1.90 bits per heavy atom. The van der Waals surface area contributed by atoms with Crippen molar-refractivity contribution in [2.45, 2.75) is 37.8 Å². The van der Waals surface area contributed by atoms with E-state index in [0.29, 0.717) is 23.6 Å². The van der Waals surface area contributed by atoms with Crippen molar-refractivity contribution >= 4 is 29.4 Å². The molecule has 8 heteroatoms. The van der Waals surface area contributed by atoms with Gasteiger partial charge in [-0.1, -0.05) is 41.9 Å². The molecule has 0 aromatic heterocycles. The maximum Gasteiger partial charge on any atom is 0.325 e. The second-order valence-electron chi connectivity index (χ2n) is 8.13. The fraction of sp³-hybridized carbons (Fsp3) is 0.348. The third-order valence-corrected chi connectivity index (χ3v) is 6.47. The number of nitrogens with one attached hydrogen (secondary N) is 1. The maximum atomic E-state index is 13.3. The molecule has 0 spiro atoms. The number of hydrogen-bond donors (Lipinski definition) is 1. The molecule has 1 N–H and O–H groups in total. The van der Waals surface area contributed by atoms with Crippen LogP contribution in [0.15, 0.2) is 48.5 Å². The normalized spacial score (nSPS) is 23.4. The lowest BCUT2D eigenvalue weighted by Crippen LogP contribution is -2.46. The van der Waals surface area contributed by atoms with E-state index >= 15 is 0 Å². The zero-order valence-corrected chi connectivity index (χ0v) is 17.9. The molecule has 2 aliphatic heterocycles. The van der Waals surface area contributed by atoms with Crippen LogP contribution in [0.5, 0.6) is 0 Å². The summed E-state index contributed by atoms with van der Waals surface area (Å²) in [5.74, 6) is -1.24. The van der Waals surface area contributed by atoms with Crippen LogP contribution in [0.1, 0.15) is 30.9 Å². The fourth-order valence-electron chi connectivity index (χ4n) is 4.34. The highest BCUT2D eigenvalue weighted by Gasteiger charge is 2.50. The lowest BCUT2D eigenvalue weighted by molar-refractivity contribution is -0.139. The zero-order valence-electron chi connectivity index (χ0n) is 17.1. The predicted octanol–water partition coefficient (Wildman–Crippen LogP) is 3.48. The Hall–Kier alpha value is -2.93. The van der Waals surface area contributed by atoms with Gasteiger partial charge in [-0.2, -0.15) is 0 Å². The monoisotopic (exact) mass is 443 g/mol. The third-order valence-electron chi connectivity index (χ3n) is 6.10. The van der Waals surface area contributed by atoms with Crippen LogP contribution in [0.25, 0.3) is 0 Å². The van der Waals surface area contributed by atoms with Crippen LogP contribution >= 0.6 is 11.6 Å². The Labute approximate surface area is 185 Å². The second-order valence-corrected chi connectivity index (χ2v) is 8.54. The average molecular weight is 444 g/mol. The molecule has 2 fully saturated rings. The first-order chi connectivity index (χ1) is 14.8. The molecule has 2 aromatic rings. The van der Waals surface area contributed by atoms with Gasteiger partial charge >= 0.3 is 6.03 Å². The average Bonchev–Trinajstić information content (AvgIpc) is 3.29. The Morgan fingerprint density at radius 3 is 2.61 bits per heavy atom. The number of urea groups is 1. The van der Waals surface area contributed by atoms with E-state index in [9.17, 15) is 18.8 Å². The van der Waals surface area contributed by atoms with E-state index in [0.717, 1.165) is 23.3 Å². The summed E-state index contributed by atoms with van der Waals surface area (Å²) < 4.78 is 13.3. The van der Waals surface area contributed by atoms with Gasteiger partial charge in [0, 0.05) is 17.6 Å². The number of hydrogen-bond acceptors (Lipinski definition) is 3. The number of benzene rings is 2. The van der Waals surface area contributed by atoms with E-state index in [1.54, 1.807) is 11.8 Å². The SMILES string of the molecule is CC1(c2ccc(F)cc2)NC(=O)N(CC(=O)N2CCCC2Cc2ccccc2Cl)C1=O. The Morgan fingerprint density at radius 1 is 1.19 bits per heavy atom. The van der Waals surface area contributed by atoms with Crippen molar-refractivity contribution in [1.29, 1.82) is 0 Å². The molecule has 0 aliphatic carbocycles. The number of carbonyl (C=O) groups excluding carboxylic acids is 3. The van der Waals surface area contributed by atoms with Crippen LogP contribution in [0.4, 0.5) is 9.18 Å². The molecular weight excluding hydrogens is 421 g/mol. The van der Waals surface area contributed by atoms with Crippen molar-refractivity contribution in [3.05, 3.63) is 70.5 Å². The molecular formula is C23H23ClFN3O3. The molecule has 2 saturated heterocycles. The van der Waals surface area contributed by atoms with Crippen molar-refractivity contribution in [3.8, 4) is 0 Å². The maximum absolute atomic E-state index is 13.3. The van der Waals surface area contributed by atoms with Crippen molar-refractivity contribution in [2.24, 2.45) is 0 Å². The Balaban J connectivity index is 1.47. The second kappa shape index (κ2) is 8.30. The van der Waals surface area contributed by atoms with Crippen LogP contribution in [0.2, 0.25) is 5.02 Å². The van der Waals surface area contributed by atoms with Gasteiger partial charge < -0.3 is 10.2 Å². The Kier molecular flexibility index (Phi) is 5.71. The minimum absolute atomic E-state index is 0.0309. The minimum atomic E-state index is -1.34. The van der Waals surface area contributed by atoms with Crippen molar-refractivity contribution in [2.75, 3.05) is 13.1 Å². The summed E-state index contributed by atoms with van der Waals surface area (Å²) in [5.41, 5.74) is 0.0836. The standard InChI is InChI=1S/C23H23ClFN3O3/c1-23(16-8-10-17(25)11-9-16)21(30)28(22(31)26-23)14-20(29)27-12-4-6-18(27)13-15-5-2-3-7-19(15)24/h2-3,5,7-11,18H,4,6,12-14H2,1H3,(H,26,31). The van der Waals surface area contributed by atoms with Gasteiger partial charge in [-0.3, -0.25) is 14.5 Å². The van der Waals surface area contributed by atoms with E-state index in [-0.39, 0.29) is 18.5 Å². The summed E-state index contributed by atoms with van der Waals surface area (Å²) in [4.78, 5) is 41.3. The van der Waals surface area contributed by atoms with E-state index in [4.69, 9.17) is 11.6 Å². The first kappa shape index (κ1) is 21.3. The highest BCUT2D eigenvalue weighted by Crippen LogP contribution is 2.30. The summed E-state index contributed by atoms with van der Waals surface area (Å²) in [7, 11) is 0. The van der Waals surface area contributed by atoms with Gasteiger partial charge in [-0.15, -0.1) is 0 Å². The summed E-state index contributed by atoms with van der Waals surface area (Å²) in [6, 6.07) is 12.2. The van der Waals surface area contributed by atoms with Gasteiger partial charge in [0.2, 0.25) is 5.91 Å². The minimum Gasteiger partial charge on any atom is -0.338 e. The van der Waals surface area contributed by atoms with Crippen molar-refractivity contribution in [3.63, 3.8) is 0 Å². The molecule has 162 valence electrons. The van der Waals surface area contributed by atoms with Crippen molar-refractivity contribution in [1.82, 2.24) is 15.1 Å². The molecule has 31 heavy (non-hydrogen) atoms. The summed E-state index contributed by atoms with van der Waals surface area (Å²) in [6.07, 6.45) is 2.32. The van der Waals surface area contributed by atoms with E-state index in [2.05, 4.69) is 5.32 Å². The summed E-state index contributed by atoms with van der Waals surface area (Å²) >= 11 is 6.27. The number of nitrogens with zero attached hydrogens (tertiary/aromatic N) is 2. The van der Waals surface area contributed by atoms with Gasteiger partial charge in [0.05, 0.1) is 0 Å².